The van der Waals surface area contributed by atoms with Crippen molar-refractivity contribution in [2.24, 2.45) is 5.10 Å². The molecule has 2 rings (SSSR count). The van der Waals surface area contributed by atoms with E-state index in [9.17, 15) is 13.5 Å². The van der Waals surface area contributed by atoms with Crippen molar-refractivity contribution < 1.29 is 18.3 Å². The zero-order valence-corrected chi connectivity index (χ0v) is 15.2. The maximum atomic E-state index is 12.3. The normalized spacial score (nSPS) is 12.9. The van der Waals surface area contributed by atoms with Crippen LogP contribution in [0.3, 0.4) is 0 Å². The fourth-order valence-electron chi connectivity index (χ4n) is 2.24. The molecule has 2 aromatic carbocycles. The molecular weight excluding hydrogens is 340 g/mol. The molecule has 0 unspecified atom stereocenters. The molecule has 2 aromatic rings. The Morgan fingerprint density at radius 2 is 1.92 bits per heavy atom. The molecule has 2 N–H and O–H groups in total. The molecular formula is C18H22N2O4S. The summed E-state index contributed by atoms with van der Waals surface area (Å²) in [6.07, 6.45) is 2.21. The predicted octanol–water partition coefficient (Wildman–Crippen LogP) is 3.23. The van der Waals surface area contributed by atoms with E-state index in [-0.39, 0.29) is 16.4 Å². The number of benzene rings is 2. The van der Waals surface area contributed by atoms with Crippen LogP contribution in [0.2, 0.25) is 0 Å². The molecule has 0 aliphatic carbocycles. The number of phenols is 1. The minimum Gasteiger partial charge on any atom is -0.504 e. The number of nitrogens with zero attached hydrogens (tertiary/aromatic N) is 1. The molecule has 0 bridgehead atoms. The van der Waals surface area contributed by atoms with Crippen molar-refractivity contribution in [3.63, 3.8) is 0 Å². The van der Waals surface area contributed by atoms with E-state index >= 15 is 0 Å². The van der Waals surface area contributed by atoms with Gasteiger partial charge in [-0.05, 0) is 42.2 Å². The van der Waals surface area contributed by atoms with Crippen molar-refractivity contribution in [2.75, 3.05) is 7.11 Å². The lowest BCUT2D eigenvalue weighted by Crippen LogP contribution is -2.18. The standard InChI is InChI=1S/C18H22N2O4S/c1-4-13(2)14-8-10-16(11-9-14)25(22,23)20-19-12-15-6-5-7-17(24-3)18(15)21/h5-13,20-21H,4H2,1-3H3/b19-12-/t13-/m0/s1. The molecule has 0 saturated carbocycles. The summed E-state index contributed by atoms with van der Waals surface area (Å²) in [5.41, 5.74) is 1.43. The second kappa shape index (κ2) is 8.02. The fourth-order valence-corrected chi connectivity index (χ4v) is 3.03. The number of ether oxygens (including phenoxy) is 1. The van der Waals surface area contributed by atoms with Crippen LogP contribution in [0.4, 0.5) is 0 Å². The largest absolute Gasteiger partial charge is 0.504 e. The molecule has 0 heterocycles. The summed E-state index contributed by atoms with van der Waals surface area (Å²) < 4.78 is 29.5. The van der Waals surface area contributed by atoms with Crippen LogP contribution in [0.5, 0.6) is 11.5 Å². The Bertz CT molecular complexity index is 846. The molecule has 134 valence electrons. The van der Waals surface area contributed by atoms with E-state index in [0.717, 1.165) is 12.0 Å². The van der Waals surface area contributed by atoms with Crippen molar-refractivity contribution in [3.8, 4) is 11.5 Å². The van der Waals surface area contributed by atoms with Gasteiger partial charge >= 0.3 is 0 Å². The Balaban J connectivity index is 2.14. The van der Waals surface area contributed by atoms with Crippen LogP contribution in [0, 0.1) is 0 Å². The molecule has 25 heavy (non-hydrogen) atoms. The molecule has 0 spiro atoms. The summed E-state index contributed by atoms with van der Waals surface area (Å²) in [5.74, 6) is 0.553. The summed E-state index contributed by atoms with van der Waals surface area (Å²) >= 11 is 0. The number of hydrogen-bond acceptors (Lipinski definition) is 5. The molecule has 1 atom stereocenters. The first-order chi connectivity index (χ1) is 11.9. The average molecular weight is 362 g/mol. The highest BCUT2D eigenvalue weighted by Crippen LogP contribution is 2.28. The SMILES string of the molecule is CC[C@H](C)c1ccc(S(=O)(=O)N/N=C\c2cccc(OC)c2O)cc1. The van der Waals surface area contributed by atoms with Gasteiger partial charge in [-0.25, -0.2) is 4.83 Å². The Kier molecular flexibility index (Phi) is 6.03. The van der Waals surface area contributed by atoms with Crippen molar-refractivity contribution in [1.82, 2.24) is 4.83 Å². The highest BCUT2D eigenvalue weighted by atomic mass is 32.2. The Morgan fingerprint density at radius 3 is 2.52 bits per heavy atom. The van der Waals surface area contributed by atoms with Gasteiger partial charge in [0.1, 0.15) is 0 Å². The van der Waals surface area contributed by atoms with Crippen LogP contribution in [-0.2, 0) is 10.0 Å². The predicted molar refractivity (Wildman–Crippen MR) is 97.7 cm³/mol. The third kappa shape index (κ3) is 4.51. The Hall–Kier alpha value is -2.54. The van der Waals surface area contributed by atoms with E-state index in [2.05, 4.69) is 23.8 Å². The summed E-state index contributed by atoms with van der Waals surface area (Å²) in [6.45, 7) is 4.17. The number of hydrogen-bond donors (Lipinski definition) is 2. The van der Waals surface area contributed by atoms with Gasteiger partial charge in [-0.3, -0.25) is 0 Å². The Labute approximate surface area is 148 Å². The number of sulfonamides is 1. The van der Waals surface area contributed by atoms with E-state index in [4.69, 9.17) is 4.74 Å². The Morgan fingerprint density at radius 1 is 1.24 bits per heavy atom. The lowest BCUT2D eigenvalue weighted by molar-refractivity contribution is 0.373. The number of phenolic OH excluding ortho intramolecular Hbond substituents is 1. The van der Waals surface area contributed by atoms with E-state index in [1.807, 2.05) is 0 Å². The maximum absolute atomic E-state index is 12.3. The molecule has 0 fully saturated rings. The van der Waals surface area contributed by atoms with Crippen LogP contribution in [-0.4, -0.2) is 26.8 Å². The second-order valence-corrected chi connectivity index (χ2v) is 7.29. The van der Waals surface area contributed by atoms with Gasteiger partial charge in [0.05, 0.1) is 18.2 Å². The molecule has 0 amide bonds. The lowest BCUT2D eigenvalue weighted by Gasteiger charge is -2.10. The van der Waals surface area contributed by atoms with Crippen molar-refractivity contribution >= 4 is 16.2 Å². The highest BCUT2D eigenvalue weighted by Gasteiger charge is 2.13. The molecule has 0 aliphatic rings. The molecule has 0 radical (unpaired) electrons. The van der Waals surface area contributed by atoms with Crippen molar-refractivity contribution in [1.29, 1.82) is 0 Å². The summed E-state index contributed by atoms with van der Waals surface area (Å²) in [6, 6.07) is 11.6. The number of methoxy groups -OCH3 is 1. The third-order valence-corrected chi connectivity index (χ3v) is 5.24. The molecule has 7 heteroatoms. The first-order valence-corrected chi connectivity index (χ1v) is 9.38. The van der Waals surface area contributed by atoms with Gasteiger partial charge in [-0.2, -0.15) is 13.5 Å². The highest BCUT2D eigenvalue weighted by molar-refractivity contribution is 7.89. The number of hydrazone groups is 1. The number of nitrogens with one attached hydrogen (secondary N) is 1. The zero-order chi connectivity index (χ0) is 18.4. The van der Waals surface area contributed by atoms with E-state index in [1.54, 1.807) is 42.5 Å². The summed E-state index contributed by atoms with van der Waals surface area (Å²) in [4.78, 5) is 2.27. The van der Waals surface area contributed by atoms with Crippen molar-refractivity contribution in [2.45, 2.75) is 31.1 Å². The van der Waals surface area contributed by atoms with E-state index in [0.29, 0.717) is 11.5 Å². The average Bonchev–Trinajstić information content (AvgIpc) is 2.62. The van der Waals surface area contributed by atoms with Gasteiger partial charge in [-0.1, -0.05) is 32.0 Å². The van der Waals surface area contributed by atoms with Crippen LogP contribution < -0.4 is 9.57 Å². The minimum absolute atomic E-state index is 0.106. The summed E-state index contributed by atoms with van der Waals surface area (Å²) in [5, 5.41) is 13.7. The van der Waals surface area contributed by atoms with Gasteiger partial charge in [-0.15, -0.1) is 0 Å². The molecule has 0 saturated heterocycles. The smallest absolute Gasteiger partial charge is 0.276 e. The van der Waals surface area contributed by atoms with Crippen LogP contribution in [0.1, 0.15) is 37.3 Å². The first kappa shape index (κ1) is 18.8. The van der Waals surface area contributed by atoms with Gasteiger partial charge in [0.15, 0.2) is 11.5 Å². The van der Waals surface area contributed by atoms with Gasteiger partial charge in [0.25, 0.3) is 10.0 Å². The number of aromatic hydroxyl groups is 1. The fraction of sp³-hybridized carbons (Fsp3) is 0.278. The minimum atomic E-state index is -3.77. The maximum Gasteiger partial charge on any atom is 0.276 e. The van der Waals surface area contributed by atoms with Crippen molar-refractivity contribution in [3.05, 3.63) is 53.6 Å². The quantitative estimate of drug-likeness (QED) is 0.585. The molecule has 6 nitrogen and oxygen atoms in total. The third-order valence-electron chi connectivity index (χ3n) is 4.00. The second-order valence-electron chi connectivity index (χ2n) is 5.63. The van der Waals surface area contributed by atoms with Gasteiger partial charge < -0.3 is 9.84 Å². The van der Waals surface area contributed by atoms with E-state index in [1.165, 1.54) is 13.3 Å². The monoisotopic (exact) mass is 362 g/mol. The number of rotatable bonds is 7. The zero-order valence-electron chi connectivity index (χ0n) is 14.4. The lowest BCUT2D eigenvalue weighted by atomic mass is 9.99. The van der Waals surface area contributed by atoms with Gasteiger partial charge in [0, 0.05) is 5.56 Å². The first-order valence-electron chi connectivity index (χ1n) is 7.89. The van der Waals surface area contributed by atoms with E-state index < -0.39 is 10.0 Å². The van der Waals surface area contributed by atoms with Gasteiger partial charge in [0.2, 0.25) is 0 Å². The van der Waals surface area contributed by atoms with Crippen LogP contribution in [0.15, 0.2) is 52.5 Å². The van der Waals surface area contributed by atoms with Crippen LogP contribution >= 0.6 is 0 Å². The number of para-hydroxylation sites is 1. The molecule has 0 aliphatic heterocycles. The summed E-state index contributed by atoms with van der Waals surface area (Å²) in [7, 11) is -2.34. The topological polar surface area (TPSA) is 88.0 Å². The molecule has 0 aromatic heterocycles. The van der Waals surface area contributed by atoms with Crippen LogP contribution in [0.25, 0.3) is 0 Å².